The number of nitrogens with two attached hydrogens (primary N) is 2. The normalized spacial score (nSPS) is 10.6. The van der Waals surface area contributed by atoms with E-state index in [0.717, 1.165) is 5.56 Å². The Bertz CT molecular complexity index is 925. The smallest absolute Gasteiger partial charge is 0.350 e. The van der Waals surface area contributed by atoms with Gasteiger partial charge in [-0.3, -0.25) is 0 Å². The van der Waals surface area contributed by atoms with Crippen LogP contribution in [0, 0.1) is 6.92 Å². The zero-order valence-corrected chi connectivity index (χ0v) is 14.6. The summed E-state index contributed by atoms with van der Waals surface area (Å²) in [4.78, 5) is 28.5. The minimum Gasteiger partial charge on any atom is -0.453 e. The van der Waals surface area contributed by atoms with Gasteiger partial charge in [-0.25, -0.2) is 9.78 Å². The molecule has 0 atom stereocenters. The number of esters is 1. The second-order valence-corrected chi connectivity index (χ2v) is 6.42. The first kappa shape index (κ1) is 17.1. The Morgan fingerprint density at radius 3 is 2.60 bits per heavy atom. The second kappa shape index (κ2) is 6.99. The number of nitrogens with zero attached hydrogens (tertiary/aromatic N) is 4. The number of aromatic nitrogens is 4. The molecule has 10 heteroatoms. The van der Waals surface area contributed by atoms with Crippen molar-refractivity contribution < 1.29 is 9.53 Å². The zero-order chi connectivity index (χ0) is 18.0. The molecule has 1 aromatic carbocycles. The highest BCUT2D eigenvalue weighted by atomic mass is 35.5. The number of aryl methyl sites for hydroxylation is 1. The van der Waals surface area contributed by atoms with Gasteiger partial charge in [0, 0.05) is 10.6 Å². The maximum absolute atomic E-state index is 12.3. The summed E-state index contributed by atoms with van der Waals surface area (Å²) in [7, 11) is 0. The fraction of sp³-hybridized carbons (Fsp3) is 0.133. The van der Waals surface area contributed by atoms with Crippen LogP contribution in [0.1, 0.15) is 21.2 Å². The summed E-state index contributed by atoms with van der Waals surface area (Å²) in [5.74, 6) is -0.414. The average molecular weight is 377 g/mol. The van der Waals surface area contributed by atoms with E-state index in [9.17, 15) is 4.79 Å². The van der Waals surface area contributed by atoms with Crippen LogP contribution in [0.3, 0.4) is 0 Å². The van der Waals surface area contributed by atoms with Gasteiger partial charge < -0.3 is 16.2 Å². The quantitative estimate of drug-likeness (QED) is 0.664. The van der Waals surface area contributed by atoms with E-state index in [4.69, 9.17) is 27.8 Å². The molecule has 0 aliphatic rings. The van der Waals surface area contributed by atoms with Gasteiger partial charge in [0.15, 0.2) is 12.4 Å². The molecule has 0 amide bonds. The van der Waals surface area contributed by atoms with Crippen LogP contribution in [0.5, 0.6) is 0 Å². The number of anilines is 2. The van der Waals surface area contributed by atoms with E-state index >= 15 is 0 Å². The molecule has 2 aromatic heterocycles. The van der Waals surface area contributed by atoms with Crippen LogP contribution in [0.4, 0.5) is 11.9 Å². The van der Waals surface area contributed by atoms with E-state index in [1.165, 1.54) is 11.3 Å². The summed E-state index contributed by atoms with van der Waals surface area (Å²) in [6, 6.07) is 7.25. The van der Waals surface area contributed by atoms with Crippen molar-refractivity contribution in [2.75, 3.05) is 11.5 Å². The number of carbonyl (C=O) groups is 1. The van der Waals surface area contributed by atoms with Gasteiger partial charge in [0.25, 0.3) is 0 Å². The molecule has 3 aromatic rings. The lowest BCUT2D eigenvalue weighted by Gasteiger charge is -2.03. The van der Waals surface area contributed by atoms with Crippen molar-refractivity contribution in [3.63, 3.8) is 0 Å². The van der Waals surface area contributed by atoms with Gasteiger partial charge in [0.05, 0.1) is 5.69 Å². The summed E-state index contributed by atoms with van der Waals surface area (Å²) >= 11 is 7.22. The van der Waals surface area contributed by atoms with Crippen LogP contribution in [-0.4, -0.2) is 25.9 Å². The minimum atomic E-state index is -0.527. The monoisotopic (exact) mass is 376 g/mol. The molecule has 0 bridgehead atoms. The molecule has 0 unspecified atom stereocenters. The van der Waals surface area contributed by atoms with Crippen LogP contribution in [0.2, 0.25) is 5.02 Å². The number of nitrogen functional groups attached to an aromatic ring is 2. The summed E-state index contributed by atoms with van der Waals surface area (Å²) in [5.41, 5.74) is 12.4. The van der Waals surface area contributed by atoms with Gasteiger partial charge in [-0.2, -0.15) is 15.0 Å². The van der Waals surface area contributed by atoms with Gasteiger partial charge in [-0.15, -0.1) is 11.3 Å². The SMILES string of the molecule is Cc1nc(-c2cccc(Cl)c2)sc1C(=O)OCc1nc(N)nc(N)n1. The largest absolute Gasteiger partial charge is 0.453 e. The number of rotatable bonds is 4. The van der Waals surface area contributed by atoms with Crippen LogP contribution in [0.25, 0.3) is 10.6 Å². The molecule has 0 aliphatic heterocycles. The molecular formula is C15H13ClN6O2S. The Morgan fingerprint density at radius 1 is 1.20 bits per heavy atom. The summed E-state index contributed by atoms with van der Waals surface area (Å²) < 4.78 is 5.22. The van der Waals surface area contributed by atoms with Crippen LogP contribution in [0.15, 0.2) is 24.3 Å². The van der Waals surface area contributed by atoms with Gasteiger partial charge in [0.2, 0.25) is 11.9 Å². The Kier molecular flexibility index (Phi) is 4.77. The van der Waals surface area contributed by atoms with Crippen molar-refractivity contribution in [1.29, 1.82) is 0 Å². The van der Waals surface area contributed by atoms with E-state index in [-0.39, 0.29) is 24.3 Å². The van der Waals surface area contributed by atoms with Gasteiger partial charge in [0.1, 0.15) is 9.88 Å². The number of hydrogen-bond donors (Lipinski definition) is 2. The molecule has 2 heterocycles. The Hall–Kier alpha value is -2.78. The lowest BCUT2D eigenvalue weighted by atomic mass is 10.2. The van der Waals surface area contributed by atoms with Crippen LogP contribution >= 0.6 is 22.9 Å². The van der Waals surface area contributed by atoms with Gasteiger partial charge in [-0.05, 0) is 19.1 Å². The van der Waals surface area contributed by atoms with Crippen molar-refractivity contribution in [2.45, 2.75) is 13.5 Å². The van der Waals surface area contributed by atoms with Crippen molar-refractivity contribution in [3.05, 3.63) is 45.7 Å². The summed E-state index contributed by atoms with van der Waals surface area (Å²) in [6.07, 6.45) is 0. The molecule has 0 radical (unpaired) electrons. The minimum absolute atomic E-state index is 0.0317. The number of hydrogen-bond acceptors (Lipinski definition) is 9. The van der Waals surface area contributed by atoms with Crippen molar-refractivity contribution in [3.8, 4) is 10.6 Å². The lowest BCUT2D eigenvalue weighted by molar-refractivity contribution is 0.0467. The van der Waals surface area contributed by atoms with Crippen LogP contribution in [-0.2, 0) is 11.3 Å². The molecule has 8 nitrogen and oxygen atoms in total. The van der Waals surface area contributed by atoms with E-state index in [0.29, 0.717) is 20.6 Å². The van der Waals surface area contributed by atoms with Crippen LogP contribution < -0.4 is 11.5 Å². The highest BCUT2D eigenvalue weighted by Crippen LogP contribution is 2.30. The predicted octanol–water partition coefficient (Wildman–Crippen LogP) is 2.48. The highest BCUT2D eigenvalue weighted by molar-refractivity contribution is 7.17. The fourth-order valence-electron chi connectivity index (χ4n) is 2.05. The van der Waals surface area contributed by atoms with Crippen molar-refractivity contribution >= 4 is 40.8 Å². The van der Waals surface area contributed by atoms with E-state index in [2.05, 4.69) is 19.9 Å². The van der Waals surface area contributed by atoms with Gasteiger partial charge in [-0.1, -0.05) is 23.7 Å². The number of benzene rings is 1. The molecule has 4 N–H and O–H groups in total. The summed E-state index contributed by atoms with van der Waals surface area (Å²) in [6.45, 7) is 1.57. The Labute approximate surface area is 151 Å². The van der Waals surface area contributed by atoms with Crippen molar-refractivity contribution in [1.82, 2.24) is 19.9 Å². The maximum atomic E-state index is 12.3. The first-order valence-corrected chi connectivity index (χ1v) is 8.28. The Morgan fingerprint density at radius 2 is 1.92 bits per heavy atom. The Balaban J connectivity index is 1.76. The molecule has 0 aliphatic carbocycles. The first-order chi connectivity index (χ1) is 11.9. The molecule has 0 saturated carbocycles. The standard InChI is InChI=1S/C15H13ClN6O2S/c1-7-11(25-12(19-7)8-3-2-4-9(16)5-8)13(23)24-6-10-20-14(17)22-15(18)21-10/h2-5H,6H2,1H3,(H4,17,18,20,21,22). The maximum Gasteiger partial charge on any atom is 0.350 e. The lowest BCUT2D eigenvalue weighted by Crippen LogP contribution is -2.11. The summed E-state index contributed by atoms with van der Waals surface area (Å²) in [5, 5.41) is 1.28. The zero-order valence-electron chi connectivity index (χ0n) is 13.1. The number of thiazole rings is 1. The van der Waals surface area contributed by atoms with E-state index in [1.807, 2.05) is 12.1 Å². The van der Waals surface area contributed by atoms with E-state index < -0.39 is 5.97 Å². The molecule has 0 fully saturated rings. The second-order valence-electron chi connectivity index (χ2n) is 4.99. The molecule has 3 rings (SSSR count). The molecule has 128 valence electrons. The highest BCUT2D eigenvalue weighted by Gasteiger charge is 2.18. The van der Waals surface area contributed by atoms with Crippen molar-refractivity contribution in [2.24, 2.45) is 0 Å². The first-order valence-electron chi connectivity index (χ1n) is 7.09. The number of halogens is 1. The number of ether oxygens (including phenoxy) is 1. The molecule has 0 saturated heterocycles. The molecule has 0 spiro atoms. The number of carbonyl (C=O) groups excluding carboxylic acids is 1. The topological polar surface area (TPSA) is 130 Å². The third kappa shape index (κ3) is 4.01. The molecule has 25 heavy (non-hydrogen) atoms. The fourth-order valence-corrected chi connectivity index (χ4v) is 3.19. The third-order valence-electron chi connectivity index (χ3n) is 3.10. The van der Waals surface area contributed by atoms with E-state index in [1.54, 1.807) is 19.1 Å². The average Bonchev–Trinajstić information content (AvgIpc) is 2.94. The molecular weight excluding hydrogens is 364 g/mol. The predicted molar refractivity (Wildman–Crippen MR) is 95.1 cm³/mol. The third-order valence-corrected chi connectivity index (χ3v) is 4.52. The van der Waals surface area contributed by atoms with Gasteiger partial charge >= 0.3 is 5.97 Å².